The van der Waals surface area contributed by atoms with Crippen LogP contribution in [0.4, 0.5) is 9.59 Å². The van der Waals surface area contributed by atoms with E-state index < -0.39 is 24.1 Å². The minimum Gasteiger partial charge on any atom is -0.445 e. The molecule has 1 aromatic carbocycles. The van der Waals surface area contributed by atoms with E-state index in [-0.39, 0.29) is 32.2 Å². The number of aliphatic hydroxyl groups excluding tert-OH is 1. The molecule has 10 heteroatoms. The van der Waals surface area contributed by atoms with Gasteiger partial charge in [-0.1, -0.05) is 30.3 Å². The number of ether oxygens (including phenoxy) is 1. The summed E-state index contributed by atoms with van der Waals surface area (Å²) in [4.78, 5) is 48.3. The number of H-pyrrole nitrogens is 1. The maximum absolute atomic E-state index is 13.3. The van der Waals surface area contributed by atoms with Crippen molar-refractivity contribution >= 4 is 18.0 Å². The molecule has 0 spiro atoms. The van der Waals surface area contributed by atoms with Crippen LogP contribution >= 0.6 is 0 Å². The van der Waals surface area contributed by atoms with E-state index in [4.69, 9.17) is 4.74 Å². The Hall–Kier alpha value is -3.40. The number of hydrogen-bond donors (Lipinski definition) is 3. The molecular formula is C22H29N5O5. The van der Waals surface area contributed by atoms with E-state index in [9.17, 15) is 19.5 Å². The molecule has 172 valence electrons. The summed E-state index contributed by atoms with van der Waals surface area (Å²) in [5, 5.41) is 12.0. The summed E-state index contributed by atoms with van der Waals surface area (Å²) in [6, 6.07) is 7.62. The predicted molar refractivity (Wildman–Crippen MR) is 115 cm³/mol. The van der Waals surface area contributed by atoms with E-state index in [1.54, 1.807) is 4.90 Å². The number of nitrogens with one attached hydrogen (secondary N) is 2. The van der Waals surface area contributed by atoms with Gasteiger partial charge in [0.15, 0.2) is 0 Å². The lowest BCUT2D eigenvalue weighted by Crippen LogP contribution is -2.56. The molecule has 32 heavy (non-hydrogen) atoms. The number of hydrogen-bond acceptors (Lipinski definition) is 6. The van der Waals surface area contributed by atoms with Crippen LogP contribution in [0.3, 0.4) is 0 Å². The Kier molecular flexibility index (Phi) is 8.20. The summed E-state index contributed by atoms with van der Waals surface area (Å²) in [6.45, 7) is 1.97. The number of aromatic nitrogens is 2. The highest BCUT2D eigenvalue weighted by molar-refractivity contribution is 5.98. The van der Waals surface area contributed by atoms with Crippen molar-refractivity contribution in [1.29, 1.82) is 0 Å². The van der Waals surface area contributed by atoms with Crippen LogP contribution < -0.4 is 5.32 Å². The molecule has 1 fully saturated rings. The molecule has 10 nitrogen and oxygen atoms in total. The number of imidazole rings is 1. The number of imide groups is 1. The predicted octanol–water partition coefficient (Wildman–Crippen LogP) is 1.67. The Labute approximate surface area is 186 Å². The number of carbonyl (C=O) groups is 3. The highest BCUT2D eigenvalue weighted by atomic mass is 16.5. The van der Waals surface area contributed by atoms with Crippen LogP contribution in [0.15, 0.2) is 42.9 Å². The molecule has 0 saturated carbocycles. The SMILES string of the molecule is C[C@@H]1CCCN1C(=O)N(CCO)C(=O)[C@H](Cc1cnc[nH]1)NC(=O)OCc1ccccc1. The van der Waals surface area contributed by atoms with Gasteiger partial charge in [0.2, 0.25) is 0 Å². The van der Waals surface area contributed by atoms with Crippen molar-refractivity contribution in [1.82, 2.24) is 25.1 Å². The smallest absolute Gasteiger partial charge is 0.408 e. The Morgan fingerprint density at radius 2 is 2.12 bits per heavy atom. The molecule has 2 heterocycles. The molecule has 1 aliphatic rings. The number of alkyl carbamates (subject to hydrolysis) is 1. The zero-order valence-electron chi connectivity index (χ0n) is 18.1. The van der Waals surface area contributed by atoms with Crippen molar-refractivity contribution in [3.8, 4) is 0 Å². The molecular weight excluding hydrogens is 414 g/mol. The Morgan fingerprint density at radius 1 is 1.34 bits per heavy atom. The van der Waals surface area contributed by atoms with Crippen LogP contribution in [0.25, 0.3) is 0 Å². The van der Waals surface area contributed by atoms with Crippen molar-refractivity contribution in [2.24, 2.45) is 0 Å². The molecule has 0 radical (unpaired) electrons. The lowest BCUT2D eigenvalue weighted by Gasteiger charge is -2.31. The molecule has 2 aromatic rings. The summed E-state index contributed by atoms with van der Waals surface area (Å²) in [5.74, 6) is -0.616. The third-order valence-corrected chi connectivity index (χ3v) is 5.40. The molecule has 4 amide bonds. The molecule has 1 aliphatic heterocycles. The van der Waals surface area contributed by atoms with Crippen molar-refractivity contribution in [2.75, 3.05) is 19.7 Å². The van der Waals surface area contributed by atoms with E-state index in [0.717, 1.165) is 23.3 Å². The van der Waals surface area contributed by atoms with Gasteiger partial charge in [-0.2, -0.15) is 0 Å². The lowest BCUT2D eigenvalue weighted by molar-refractivity contribution is -0.131. The third-order valence-electron chi connectivity index (χ3n) is 5.40. The van der Waals surface area contributed by atoms with Gasteiger partial charge in [0, 0.05) is 30.9 Å². The van der Waals surface area contributed by atoms with Gasteiger partial charge < -0.3 is 25.0 Å². The highest BCUT2D eigenvalue weighted by Crippen LogP contribution is 2.19. The van der Waals surface area contributed by atoms with Crippen molar-refractivity contribution in [3.05, 3.63) is 54.1 Å². The zero-order valence-corrected chi connectivity index (χ0v) is 18.1. The summed E-state index contributed by atoms with van der Waals surface area (Å²) >= 11 is 0. The number of rotatable bonds is 8. The molecule has 0 aliphatic carbocycles. The summed E-state index contributed by atoms with van der Waals surface area (Å²) < 4.78 is 5.25. The monoisotopic (exact) mass is 443 g/mol. The van der Waals surface area contributed by atoms with E-state index in [0.29, 0.717) is 12.2 Å². The van der Waals surface area contributed by atoms with Gasteiger partial charge in [-0.25, -0.2) is 14.6 Å². The second-order valence-electron chi connectivity index (χ2n) is 7.72. The van der Waals surface area contributed by atoms with Gasteiger partial charge in [-0.05, 0) is 25.3 Å². The molecule has 3 N–H and O–H groups in total. The number of carbonyl (C=O) groups excluding carboxylic acids is 3. The molecule has 1 saturated heterocycles. The van der Waals surface area contributed by atoms with E-state index in [1.165, 1.54) is 12.5 Å². The fraction of sp³-hybridized carbons (Fsp3) is 0.455. The Bertz CT molecular complexity index is 889. The van der Waals surface area contributed by atoms with E-state index in [1.807, 2.05) is 37.3 Å². The average Bonchev–Trinajstić information content (AvgIpc) is 3.47. The molecule has 0 unspecified atom stereocenters. The van der Waals surface area contributed by atoms with Gasteiger partial charge in [-0.15, -0.1) is 0 Å². The number of aliphatic hydroxyl groups is 1. The lowest BCUT2D eigenvalue weighted by atomic mass is 10.1. The van der Waals surface area contributed by atoms with Gasteiger partial charge in [-0.3, -0.25) is 9.69 Å². The molecule has 2 atom stereocenters. The van der Waals surface area contributed by atoms with Gasteiger partial charge in [0.1, 0.15) is 12.6 Å². The first-order valence-corrected chi connectivity index (χ1v) is 10.7. The van der Waals surface area contributed by atoms with Crippen molar-refractivity contribution in [2.45, 2.75) is 44.9 Å². The summed E-state index contributed by atoms with van der Waals surface area (Å²) in [7, 11) is 0. The maximum Gasteiger partial charge on any atom is 0.408 e. The topological polar surface area (TPSA) is 128 Å². The van der Waals surface area contributed by atoms with Crippen molar-refractivity contribution in [3.63, 3.8) is 0 Å². The van der Waals surface area contributed by atoms with Crippen LogP contribution in [-0.2, 0) is 22.6 Å². The maximum atomic E-state index is 13.3. The number of nitrogens with zero attached hydrogens (tertiary/aromatic N) is 3. The number of amides is 4. The normalized spacial score (nSPS) is 16.4. The fourth-order valence-corrected chi connectivity index (χ4v) is 3.68. The van der Waals surface area contributed by atoms with Gasteiger partial charge in [0.05, 0.1) is 19.5 Å². The quantitative estimate of drug-likeness (QED) is 0.569. The second kappa shape index (κ2) is 11.3. The van der Waals surface area contributed by atoms with Crippen LogP contribution in [-0.4, -0.2) is 74.7 Å². The standard InChI is InChI=1S/C22H29N5O5/c1-16-6-5-9-26(16)22(31)27(10-11-28)20(29)19(12-18-13-23-15-24-18)25-21(30)32-14-17-7-3-2-4-8-17/h2-4,7-8,13,15-16,19,28H,5-6,9-12,14H2,1H3,(H,23,24)(H,25,30)/t16-,19+/m1/s1. The molecule has 1 aromatic heterocycles. The highest BCUT2D eigenvalue weighted by Gasteiger charge is 2.36. The largest absolute Gasteiger partial charge is 0.445 e. The number of benzene rings is 1. The van der Waals surface area contributed by atoms with Crippen LogP contribution in [0.1, 0.15) is 31.0 Å². The third kappa shape index (κ3) is 6.07. The summed E-state index contributed by atoms with van der Waals surface area (Å²) in [5.41, 5.74) is 1.41. The molecule has 3 rings (SSSR count). The van der Waals surface area contributed by atoms with Gasteiger partial charge >= 0.3 is 12.1 Å². The van der Waals surface area contributed by atoms with E-state index >= 15 is 0 Å². The number of urea groups is 1. The van der Waals surface area contributed by atoms with E-state index in [2.05, 4.69) is 15.3 Å². The Morgan fingerprint density at radius 3 is 2.75 bits per heavy atom. The first-order valence-electron chi connectivity index (χ1n) is 10.7. The second-order valence-corrected chi connectivity index (χ2v) is 7.72. The molecule has 0 bridgehead atoms. The van der Waals surface area contributed by atoms with Gasteiger partial charge in [0.25, 0.3) is 5.91 Å². The van der Waals surface area contributed by atoms with Crippen LogP contribution in [0, 0.1) is 0 Å². The Balaban J connectivity index is 1.72. The van der Waals surface area contributed by atoms with Crippen LogP contribution in [0.5, 0.6) is 0 Å². The fourth-order valence-electron chi connectivity index (χ4n) is 3.68. The first-order chi connectivity index (χ1) is 15.5. The average molecular weight is 444 g/mol. The van der Waals surface area contributed by atoms with Crippen LogP contribution in [0.2, 0.25) is 0 Å². The minimum atomic E-state index is -1.08. The van der Waals surface area contributed by atoms with Crippen molar-refractivity contribution < 1.29 is 24.2 Å². The minimum absolute atomic E-state index is 0.00588. The first kappa shape index (κ1) is 23.3. The number of likely N-dealkylation sites (tertiary alicyclic amines) is 1. The number of aromatic amines is 1. The summed E-state index contributed by atoms with van der Waals surface area (Å²) in [6.07, 6.45) is 4.03. The zero-order chi connectivity index (χ0) is 22.9.